The summed E-state index contributed by atoms with van der Waals surface area (Å²) >= 11 is 0. The van der Waals surface area contributed by atoms with E-state index in [-0.39, 0.29) is 0 Å². The highest BCUT2D eigenvalue weighted by atomic mass is 16.4. The van der Waals surface area contributed by atoms with Gasteiger partial charge in [-0.3, -0.25) is 0 Å². The van der Waals surface area contributed by atoms with Gasteiger partial charge in [-0.15, -0.1) is 0 Å². The lowest BCUT2D eigenvalue weighted by molar-refractivity contribution is 0.550. The average Bonchev–Trinajstić information content (AvgIpc) is 2.75. The van der Waals surface area contributed by atoms with Crippen LogP contribution in [-0.2, 0) is 13.0 Å². The van der Waals surface area contributed by atoms with Crippen molar-refractivity contribution in [1.82, 2.24) is 15.3 Å². The smallest absolute Gasteiger partial charge is 0.198 e. The van der Waals surface area contributed by atoms with E-state index in [2.05, 4.69) is 20.6 Å². The van der Waals surface area contributed by atoms with E-state index in [0.29, 0.717) is 5.88 Å². The van der Waals surface area contributed by atoms with Crippen molar-refractivity contribution in [2.24, 2.45) is 0 Å². The van der Waals surface area contributed by atoms with Crippen LogP contribution < -0.4 is 10.6 Å². The molecule has 3 heterocycles. The first-order valence-electron chi connectivity index (χ1n) is 5.70. The van der Waals surface area contributed by atoms with Gasteiger partial charge in [-0.1, -0.05) is 0 Å². The number of nitrogens with zero attached hydrogens (tertiary/aromatic N) is 2. The highest BCUT2D eigenvalue weighted by Crippen LogP contribution is 2.23. The molecule has 2 aromatic heterocycles. The molecule has 0 amide bonds. The zero-order valence-corrected chi connectivity index (χ0v) is 9.66. The minimum atomic E-state index is 0.717. The molecule has 88 valence electrons. The summed E-state index contributed by atoms with van der Waals surface area (Å²) in [6, 6.07) is 3.83. The van der Waals surface area contributed by atoms with Crippen LogP contribution in [0.3, 0.4) is 0 Å². The first kappa shape index (κ1) is 10.3. The van der Waals surface area contributed by atoms with Crippen molar-refractivity contribution >= 4 is 11.7 Å². The van der Waals surface area contributed by atoms with Crippen LogP contribution in [0.15, 0.2) is 22.9 Å². The fraction of sp³-hybridized carbons (Fsp3) is 0.333. The van der Waals surface area contributed by atoms with E-state index in [1.54, 1.807) is 6.33 Å². The van der Waals surface area contributed by atoms with Crippen molar-refractivity contribution in [1.29, 1.82) is 0 Å². The molecular formula is C12H14N4O. The summed E-state index contributed by atoms with van der Waals surface area (Å²) in [7, 11) is 0. The zero-order chi connectivity index (χ0) is 11.7. The highest BCUT2D eigenvalue weighted by molar-refractivity contribution is 5.56. The molecule has 0 saturated carbocycles. The lowest BCUT2D eigenvalue weighted by atomic mass is 10.1. The first-order chi connectivity index (χ1) is 8.33. The van der Waals surface area contributed by atoms with Gasteiger partial charge in [-0.2, -0.15) is 0 Å². The summed E-state index contributed by atoms with van der Waals surface area (Å²) in [6.45, 7) is 3.70. The summed E-state index contributed by atoms with van der Waals surface area (Å²) in [4.78, 5) is 8.58. The van der Waals surface area contributed by atoms with Crippen LogP contribution >= 0.6 is 0 Å². The maximum absolute atomic E-state index is 5.49. The summed E-state index contributed by atoms with van der Waals surface area (Å²) in [6.07, 6.45) is 2.55. The van der Waals surface area contributed by atoms with E-state index in [0.717, 1.165) is 42.3 Å². The van der Waals surface area contributed by atoms with E-state index in [1.165, 1.54) is 0 Å². The highest BCUT2D eigenvalue weighted by Gasteiger charge is 2.15. The van der Waals surface area contributed by atoms with Crippen LogP contribution in [0.2, 0.25) is 0 Å². The van der Waals surface area contributed by atoms with Gasteiger partial charge < -0.3 is 15.1 Å². The van der Waals surface area contributed by atoms with Gasteiger partial charge in [-0.05, 0) is 13.0 Å². The standard InChI is InChI=1S/C12H14N4O/c1-8-2-3-11(17-8)16-12-9-6-13-5-4-10(9)14-7-15-12/h2-3,7,13H,4-6H2,1H3,(H,14,15,16). The van der Waals surface area contributed by atoms with Crippen molar-refractivity contribution < 1.29 is 4.42 Å². The van der Waals surface area contributed by atoms with E-state index >= 15 is 0 Å². The van der Waals surface area contributed by atoms with Crippen LogP contribution in [0.4, 0.5) is 11.7 Å². The number of fused-ring (bicyclic) bond motifs is 1. The van der Waals surface area contributed by atoms with Gasteiger partial charge in [0, 0.05) is 31.1 Å². The second-order valence-corrected chi connectivity index (χ2v) is 4.11. The fourth-order valence-corrected chi connectivity index (χ4v) is 2.00. The Bertz CT molecular complexity index is 535. The van der Waals surface area contributed by atoms with Crippen LogP contribution in [-0.4, -0.2) is 16.5 Å². The van der Waals surface area contributed by atoms with Crippen molar-refractivity contribution in [3.05, 3.63) is 35.5 Å². The Hall–Kier alpha value is -1.88. The topological polar surface area (TPSA) is 63.0 Å². The van der Waals surface area contributed by atoms with Crippen molar-refractivity contribution in [2.75, 3.05) is 11.9 Å². The van der Waals surface area contributed by atoms with E-state index in [9.17, 15) is 0 Å². The molecule has 0 radical (unpaired) electrons. The first-order valence-corrected chi connectivity index (χ1v) is 5.70. The monoisotopic (exact) mass is 230 g/mol. The quantitative estimate of drug-likeness (QED) is 0.823. The van der Waals surface area contributed by atoms with Crippen LogP contribution in [0.25, 0.3) is 0 Å². The fourth-order valence-electron chi connectivity index (χ4n) is 2.00. The third-order valence-electron chi connectivity index (χ3n) is 2.86. The Labute approximate surface area is 99.3 Å². The molecule has 2 N–H and O–H groups in total. The van der Waals surface area contributed by atoms with Gasteiger partial charge in [0.05, 0.1) is 5.69 Å². The van der Waals surface area contributed by atoms with Gasteiger partial charge >= 0.3 is 0 Å². The summed E-state index contributed by atoms with van der Waals surface area (Å²) in [5.41, 5.74) is 2.25. The molecule has 3 rings (SSSR count). The van der Waals surface area contributed by atoms with Crippen LogP contribution in [0.5, 0.6) is 0 Å². The molecule has 1 aliphatic heterocycles. The number of hydrogen-bond donors (Lipinski definition) is 2. The molecule has 17 heavy (non-hydrogen) atoms. The zero-order valence-electron chi connectivity index (χ0n) is 9.66. The van der Waals surface area contributed by atoms with Crippen molar-refractivity contribution in [3.63, 3.8) is 0 Å². The molecule has 0 saturated heterocycles. The summed E-state index contributed by atoms with van der Waals surface area (Å²) in [5.74, 6) is 2.43. The Balaban J connectivity index is 1.92. The average molecular weight is 230 g/mol. The predicted octanol–water partition coefficient (Wildman–Crippen LogP) is 1.77. The van der Waals surface area contributed by atoms with Crippen molar-refractivity contribution in [3.8, 4) is 0 Å². The number of aromatic nitrogens is 2. The SMILES string of the molecule is Cc1ccc(Nc2ncnc3c2CNCC3)o1. The molecule has 5 heteroatoms. The summed E-state index contributed by atoms with van der Waals surface area (Å²) < 4.78 is 5.49. The van der Waals surface area contributed by atoms with Gasteiger partial charge in [0.25, 0.3) is 0 Å². The molecule has 0 bridgehead atoms. The maximum Gasteiger partial charge on any atom is 0.198 e. The third kappa shape index (κ3) is 2.01. The van der Waals surface area contributed by atoms with E-state index in [4.69, 9.17) is 4.42 Å². The van der Waals surface area contributed by atoms with E-state index < -0.39 is 0 Å². The molecule has 2 aromatic rings. The predicted molar refractivity (Wildman–Crippen MR) is 64.2 cm³/mol. The molecule has 0 fully saturated rings. The number of anilines is 2. The number of rotatable bonds is 2. The van der Waals surface area contributed by atoms with E-state index in [1.807, 2.05) is 19.1 Å². The summed E-state index contributed by atoms with van der Waals surface area (Å²) in [5, 5.41) is 6.52. The Morgan fingerprint density at radius 2 is 2.29 bits per heavy atom. The van der Waals surface area contributed by atoms with Gasteiger partial charge in [-0.25, -0.2) is 9.97 Å². The number of furan rings is 1. The molecule has 0 spiro atoms. The number of hydrogen-bond acceptors (Lipinski definition) is 5. The maximum atomic E-state index is 5.49. The molecule has 0 aliphatic carbocycles. The molecule has 0 unspecified atom stereocenters. The van der Waals surface area contributed by atoms with Crippen LogP contribution in [0, 0.1) is 6.92 Å². The van der Waals surface area contributed by atoms with Gasteiger partial charge in [0.1, 0.15) is 17.9 Å². The molecule has 1 aliphatic rings. The lowest BCUT2D eigenvalue weighted by Gasteiger charge is -2.18. The molecule has 0 atom stereocenters. The third-order valence-corrected chi connectivity index (χ3v) is 2.86. The number of aryl methyl sites for hydroxylation is 1. The van der Waals surface area contributed by atoms with Crippen LogP contribution in [0.1, 0.15) is 17.0 Å². The lowest BCUT2D eigenvalue weighted by Crippen LogP contribution is -2.25. The molecule has 5 nitrogen and oxygen atoms in total. The Kier molecular flexibility index (Phi) is 2.53. The van der Waals surface area contributed by atoms with Gasteiger partial charge in [0.15, 0.2) is 5.88 Å². The minimum Gasteiger partial charge on any atom is -0.446 e. The second kappa shape index (κ2) is 4.18. The Morgan fingerprint density at radius 1 is 1.35 bits per heavy atom. The number of nitrogens with one attached hydrogen (secondary N) is 2. The van der Waals surface area contributed by atoms with Crippen molar-refractivity contribution in [2.45, 2.75) is 19.9 Å². The largest absolute Gasteiger partial charge is 0.446 e. The minimum absolute atomic E-state index is 0.717. The molecular weight excluding hydrogens is 216 g/mol. The molecule has 0 aromatic carbocycles. The van der Waals surface area contributed by atoms with Gasteiger partial charge in [0.2, 0.25) is 0 Å². The Morgan fingerprint density at radius 3 is 3.12 bits per heavy atom. The normalized spacial score (nSPS) is 14.4. The second-order valence-electron chi connectivity index (χ2n) is 4.11.